The third-order valence-electron chi connectivity index (χ3n) is 3.61. The third kappa shape index (κ3) is 2.61. The van der Waals surface area contributed by atoms with Crippen molar-refractivity contribution < 1.29 is 17.9 Å². The van der Waals surface area contributed by atoms with Crippen molar-refractivity contribution in [2.45, 2.75) is 38.1 Å². The van der Waals surface area contributed by atoms with Crippen molar-refractivity contribution >= 4 is 0 Å². The van der Waals surface area contributed by atoms with Gasteiger partial charge >= 0.3 is 6.36 Å². The molecule has 1 fully saturated rings. The molecule has 2 nitrogen and oxygen atoms in total. The summed E-state index contributed by atoms with van der Waals surface area (Å²) in [4.78, 5) is 0. The van der Waals surface area contributed by atoms with E-state index >= 15 is 0 Å². The molecule has 2 N–H and O–H groups in total. The van der Waals surface area contributed by atoms with Gasteiger partial charge in [-0.05, 0) is 29.9 Å². The van der Waals surface area contributed by atoms with Gasteiger partial charge in [-0.25, -0.2) is 0 Å². The normalized spacial score (nSPS) is 27.7. The average Bonchev–Trinajstić information content (AvgIpc) is 2.25. The van der Waals surface area contributed by atoms with Gasteiger partial charge in [0.1, 0.15) is 5.75 Å². The van der Waals surface area contributed by atoms with Crippen LogP contribution < -0.4 is 10.5 Å². The third-order valence-corrected chi connectivity index (χ3v) is 3.61. The Bertz CT molecular complexity index is 419. The molecular formula is C13H16F3NO. The molecule has 1 aliphatic carbocycles. The molecule has 3 unspecified atom stereocenters. The molecule has 0 spiro atoms. The molecule has 0 radical (unpaired) electrons. The zero-order chi connectivity index (χ0) is 13.3. The van der Waals surface area contributed by atoms with Gasteiger partial charge in [-0.1, -0.05) is 31.5 Å². The number of alkyl halides is 3. The molecule has 1 aromatic rings. The van der Waals surface area contributed by atoms with Crippen LogP contribution in [0.3, 0.4) is 0 Å². The van der Waals surface area contributed by atoms with Gasteiger partial charge in [0, 0.05) is 6.04 Å². The first kappa shape index (κ1) is 13.2. The number of benzene rings is 1. The lowest BCUT2D eigenvalue weighted by Gasteiger charge is -2.43. The highest BCUT2D eigenvalue weighted by Crippen LogP contribution is 2.47. The molecule has 0 bridgehead atoms. The monoisotopic (exact) mass is 259 g/mol. The Labute approximate surface area is 104 Å². The summed E-state index contributed by atoms with van der Waals surface area (Å²) < 4.78 is 41.0. The van der Waals surface area contributed by atoms with Crippen LogP contribution in [0.1, 0.15) is 31.2 Å². The molecule has 1 saturated carbocycles. The molecule has 2 rings (SSSR count). The molecule has 0 aliphatic heterocycles. The summed E-state index contributed by atoms with van der Waals surface area (Å²) in [6.07, 6.45) is -3.06. The molecule has 5 heteroatoms. The van der Waals surface area contributed by atoms with Crippen LogP contribution in [-0.2, 0) is 0 Å². The predicted molar refractivity (Wildman–Crippen MR) is 62.2 cm³/mol. The quantitative estimate of drug-likeness (QED) is 0.902. The van der Waals surface area contributed by atoms with E-state index in [1.54, 1.807) is 18.2 Å². The zero-order valence-electron chi connectivity index (χ0n) is 10.1. The highest BCUT2D eigenvalue weighted by molar-refractivity contribution is 5.38. The summed E-state index contributed by atoms with van der Waals surface area (Å²) in [7, 11) is 0. The maximum atomic E-state index is 12.3. The molecular weight excluding hydrogens is 243 g/mol. The first-order valence-electron chi connectivity index (χ1n) is 6.02. The van der Waals surface area contributed by atoms with Gasteiger partial charge < -0.3 is 10.5 Å². The van der Waals surface area contributed by atoms with E-state index in [1.165, 1.54) is 6.07 Å². The maximum Gasteiger partial charge on any atom is 0.573 e. The SMILES string of the molecule is CCC1C(N)CC1c1ccccc1OC(F)(F)F. The van der Waals surface area contributed by atoms with Gasteiger partial charge in [0.15, 0.2) is 0 Å². The summed E-state index contributed by atoms with van der Waals surface area (Å²) >= 11 is 0. The standard InChI is InChI=1S/C13H16F3NO/c1-2-8-10(7-11(8)17)9-5-3-4-6-12(9)18-13(14,15)16/h3-6,8,10-11H,2,7,17H2,1H3. The fraction of sp³-hybridized carbons (Fsp3) is 0.538. The van der Waals surface area contributed by atoms with Gasteiger partial charge in [0.2, 0.25) is 0 Å². The second-order valence-electron chi connectivity index (χ2n) is 4.66. The number of hydrogen-bond acceptors (Lipinski definition) is 2. The lowest BCUT2D eigenvalue weighted by atomic mass is 9.65. The van der Waals surface area contributed by atoms with Crippen molar-refractivity contribution in [3.63, 3.8) is 0 Å². The molecule has 1 aliphatic rings. The van der Waals surface area contributed by atoms with Crippen LogP contribution in [0.4, 0.5) is 13.2 Å². The first-order valence-corrected chi connectivity index (χ1v) is 6.02. The molecule has 100 valence electrons. The number of hydrogen-bond donors (Lipinski definition) is 1. The minimum absolute atomic E-state index is 0.0727. The van der Waals surface area contributed by atoms with Crippen LogP contribution in [-0.4, -0.2) is 12.4 Å². The summed E-state index contributed by atoms with van der Waals surface area (Å²) in [5.41, 5.74) is 6.49. The lowest BCUT2D eigenvalue weighted by molar-refractivity contribution is -0.275. The van der Waals surface area contributed by atoms with E-state index in [0.717, 1.165) is 12.8 Å². The van der Waals surface area contributed by atoms with Crippen LogP contribution in [0.25, 0.3) is 0 Å². The number of halogens is 3. The summed E-state index contributed by atoms with van der Waals surface area (Å²) in [6.45, 7) is 2.00. The maximum absolute atomic E-state index is 12.3. The van der Waals surface area contributed by atoms with Crippen LogP contribution in [0.2, 0.25) is 0 Å². The summed E-state index contributed by atoms with van der Waals surface area (Å²) in [6, 6.07) is 6.41. The minimum Gasteiger partial charge on any atom is -0.405 e. The van der Waals surface area contributed by atoms with Gasteiger partial charge in [-0.15, -0.1) is 13.2 Å². The van der Waals surface area contributed by atoms with E-state index in [9.17, 15) is 13.2 Å². The highest BCUT2D eigenvalue weighted by atomic mass is 19.4. The predicted octanol–water partition coefficient (Wildman–Crippen LogP) is 3.43. The minimum atomic E-state index is -4.65. The first-order chi connectivity index (χ1) is 8.42. The van der Waals surface area contributed by atoms with Crippen molar-refractivity contribution in [1.82, 2.24) is 0 Å². The van der Waals surface area contributed by atoms with Crippen molar-refractivity contribution in [3.05, 3.63) is 29.8 Å². The second kappa shape index (κ2) is 4.80. The van der Waals surface area contributed by atoms with Crippen molar-refractivity contribution in [2.75, 3.05) is 0 Å². The second-order valence-corrected chi connectivity index (χ2v) is 4.66. The molecule has 0 amide bonds. The van der Waals surface area contributed by atoms with E-state index in [-0.39, 0.29) is 23.6 Å². The van der Waals surface area contributed by atoms with Gasteiger partial charge in [-0.3, -0.25) is 0 Å². The lowest BCUT2D eigenvalue weighted by Crippen LogP contribution is -2.45. The summed E-state index contributed by atoms with van der Waals surface area (Å²) in [5.74, 6) is 0.215. The number of para-hydroxylation sites is 1. The Balaban J connectivity index is 2.23. The largest absolute Gasteiger partial charge is 0.573 e. The molecule has 0 aromatic heterocycles. The number of nitrogens with two attached hydrogens (primary N) is 1. The average molecular weight is 259 g/mol. The summed E-state index contributed by atoms with van der Waals surface area (Å²) in [5, 5.41) is 0. The Morgan fingerprint density at radius 2 is 2.00 bits per heavy atom. The van der Waals surface area contributed by atoms with Gasteiger partial charge in [0.25, 0.3) is 0 Å². The van der Waals surface area contributed by atoms with Crippen molar-refractivity contribution in [2.24, 2.45) is 11.7 Å². The highest BCUT2D eigenvalue weighted by Gasteiger charge is 2.41. The fourth-order valence-corrected chi connectivity index (χ4v) is 2.69. The van der Waals surface area contributed by atoms with Crippen molar-refractivity contribution in [3.8, 4) is 5.75 Å². The van der Waals surface area contributed by atoms with E-state index in [0.29, 0.717) is 5.56 Å². The topological polar surface area (TPSA) is 35.2 Å². The number of ether oxygens (including phenoxy) is 1. The van der Waals surface area contributed by atoms with E-state index in [2.05, 4.69) is 4.74 Å². The van der Waals surface area contributed by atoms with E-state index < -0.39 is 6.36 Å². The van der Waals surface area contributed by atoms with Gasteiger partial charge in [-0.2, -0.15) is 0 Å². The van der Waals surface area contributed by atoms with Crippen LogP contribution in [0.5, 0.6) is 5.75 Å². The number of rotatable bonds is 3. The Kier molecular flexibility index (Phi) is 3.52. The van der Waals surface area contributed by atoms with Gasteiger partial charge in [0.05, 0.1) is 0 Å². The zero-order valence-corrected chi connectivity index (χ0v) is 10.1. The van der Waals surface area contributed by atoms with Crippen LogP contribution >= 0.6 is 0 Å². The van der Waals surface area contributed by atoms with E-state index in [4.69, 9.17) is 5.73 Å². The molecule has 3 atom stereocenters. The molecule has 1 aromatic carbocycles. The molecule has 0 saturated heterocycles. The van der Waals surface area contributed by atoms with Crippen LogP contribution in [0, 0.1) is 5.92 Å². The van der Waals surface area contributed by atoms with E-state index in [1.807, 2.05) is 6.92 Å². The molecule has 0 heterocycles. The molecule has 18 heavy (non-hydrogen) atoms. The fourth-order valence-electron chi connectivity index (χ4n) is 2.69. The Morgan fingerprint density at radius 3 is 2.56 bits per heavy atom. The van der Waals surface area contributed by atoms with Crippen molar-refractivity contribution in [1.29, 1.82) is 0 Å². The van der Waals surface area contributed by atoms with Crippen LogP contribution in [0.15, 0.2) is 24.3 Å². The Morgan fingerprint density at radius 1 is 1.33 bits per heavy atom. The smallest absolute Gasteiger partial charge is 0.405 e. The Hall–Kier alpha value is -1.23.